The molecule has 1 aromatic rings. The summed E-state index contributed by atoms with van der Waals surface area (Å²) in [7, 11) is 0. The van der Waals surface area contributed by atoms with Gasteiger partial charge in [-0.25, -0.2) is 0 Å². The van der Waals surface area contributed by atoms with Crippen molar-refractivity contribution in [2.45, 2.75) is 19.3 Å². The maximum Gasteiger partial charge on any atom is 0.167 e. The van der Waals surface area contributed by atoms with E-state index in [2.05, 4.69) is 0 Å². The number of hydrogen-bond donors (Lipinski definition) is 1. The molecule has 0 bridgehead atoms. The van der Waals surface area contributed by atoms with Crippen molar-refractivity contribution < 1.29 is 9.90 Å². The molecule has 14 heavy (non-hydrogen) atoms. The number of carbonyl (C=O) groups is 1. The molecule has 1 aliphatic carbocycles. The Kier molecular flexibility index (Phi) is 2.20. The highest BCUT2D eigenvalue weighted by Gasteiger charge is 2.32. The van der Waals surface area contributed by atoms with Crippen LogP contribution in [0, 0.1) is 0 Å². The van der Waals surface area contributed by atoms with E-state index >= 15 is 0 Å². The summed E-state index contributed by atoms with van der Waals surface area (Å²) in [5.41, 5.74) is 1.02. The minimum Gasteiger partial charge on any atom is -0.506 e. The van der Waals surface area contributed by atoms with Gasteiger partial charge >= 0.3 is 0 Å². The Balaban J connectivity index is 2.79. The summed E-state index contributed by atoms with van der Waals surface area (Å²) in [4.78, 5) is 11.5. The highest BCUT2D eigenvalue weighted by molar-refractivity contribution is 6.37. The quantitative estimate of drug-likeness (QED) is 0.742. The number of phenols is 1. The Morgan fingerprint density at radius 1 is 1.43 bits per heavy atom. The second kappa shape index (κ2) is 3.14. The number of ketones is 1. The van der Waals surface area contributed by atoms with E-state index in [0.29, 0.717) is 17.0 Å². The number of Topliss-reactive ketones (excluding diaryl/α,β-unsaturated/α-hetero) is 1. The van der Waals surface area contributed by atoms with Crippen molar-refractivity contribution in [3.05, 3.63) is 27.2 Å². The lowest BCUT2D eigenvalue weighted by atomic mass is 10.0. The first-order valence-electron chi connectivity index (χ1n) is 4.26. The zero-order chi connectivity index (χ0) is 10.5. The van der Waals surface area contributed by atoms with Crippen LogP contribution >= 0.6 is 23.2 Å². The van der Waals surface area contributed by atoms with Gasteiger partial charge in [-0.05, 0) is 17.5 Å². The molecule has 2 nitrogen and oxygen atoms in total. The van der Waals surface area contributed by atoms with Crippen LogP contribution in [-0.4, -0.2) is 10.9 Å². The van der Waals surface area contributed by atoms with Crippen LogP contribution in [0.4, 0.5) is 0 Å². The third-order valence-corrected chi connectivity index (χ3v) is 3.11. The molecule has 0 unspecified atom stereocenters. The van der Waals surface area contributed by atoms with Gasteiger partial charge in [-0.1, -0.05) is 30.1 Å². The Morgan fingerprint density at radius 2 is 2.07 bits per heavy atom. The predicted octanol–water partition coefficient (Wildman–Crippen LogP) is 3.39. The smallest absolute Gasteiger partial charge is 0.167 e. The molecular formula is C10H8Cl2O2. The summed E-state index contributed by atoms with van der Waals surface area (Å²) >= 11 is 11.7. The molecule has 1 aliphatic rings. The molecule has 2 rings (SSSR count). The molecule has 0 heterocycles. The van der Waals surface area contributed by atoms with E-state index in [4.69, 9.17) is 23.2 Å². The topological polar surface area (TPSA) is 37.3 Å². The molecular weight excluding hydrogens is 223 g/mol. The SMILES string of the molecule is C[C@@H]1CC(=O)c2c(O)c(Cl)cc(Cl)c21. The number of carbonyl (C=O) groups excluding carboxylic acids is 1. The van der Waals surface area contributed by atoms with E-state index in [1.165, 1.54) is 6.07 Å². The lowest BCUT2D eigenvalue weighted by Crippen LogP contribution is -1.93. The summed E-state index contributed by atoms with van der Waals surface area (Å²) in [5, 5.41) is 10.2. The number of aromatic hydroxyl groups is 1. The second-order valence-corrected chi connectivity index (χ2v) is 4.32. The summed E-state index contributed by atoms with van der Waals surface area (Å²) in [6.45, 7) is 1.91. The number of benzene rings is 1. The predicted molar refractivity (Wildman–Crippen MR) is 55.5 cm³/mol. The van der Waals surface area contributed by atoms with E-state index in [-0.39, 0.29) is 22.5 Å². The number of halogens is 2. The lowest BCUT2D eigenvalue weighted by Gasteiger charge is -2.08. The van der Waals surface area contributed by atoms with Crippen molar-refractivity contribution in [1.82, 2.24) is 0 Å². The molecule has 1 N–H and O–H groups in total. The van der Waals surface area contributed by atoms with Crippen molar-refractivity contribution in [3.63, 3.8) is 0 Å². The van der Waals surface area contributed by atoms with Crippen LogP contribution in [0.1, 0.15) is 35.2 Å². The molecule has 0 saturated heterocycles. The monoisotopic (exact) mass is 230 g/mol. The van der Waals surface area contributed by atoms with Gasteiger partial charge in [0.1, 0.15) is 5.75 Å². The maximum atomic E-state index is 11.5. The van der Waals surface area contributed by atoms with Crippen molar-refractivity contribution in [2.24, 2.45) is 0 Å². The Hall–Kier alpha value is -0.730. The van der Waals surface area contributed by atoms with Crippen LogP contribution in [0.15, 0.2) is 6.07 Å². The van der Waals surface area contributed by atoms with Gasteiger partial charge in [-0.15, -0.1) is 0 Å². The van der Waals surface area contributed by atoms with Gasteiger partial charge in [0.25, 0.3) is 0 Å². The van der Waals surface area contributed by atoms with E-state index in [9.17, 15) is 9.90 Å². The maximum absolute atomic E-state index is 11.5. The van der Waals surface area contributed by atoms with Crippen molar-refractivity contribution in [1.29, 1.82) is 0 Å². The standard InChI is InChI=1S/C10H8Cl2O2/c1-4-2-7(13)9-8(4)5(11)3-6(12)10(9)14/h3-4,14H,2H2,1H3/t4-/m1/s1. The largest absolute Gasteiger partial charge is 0.506 e. The fourth-order valence-electron chi connectivity index (χ4n) is 1.87. The molecule has 0 fully saturated rings. The molecule has 1 aromatic carbocycles. The lowest BCUT2D eigenvalue weighted by molar-refractivity contribution is 0.0988. The van der Waals surface area contributed by atoms with Crippen LogP contribution in [-0.2, 0) is 0 Å². The van der Waals surface area contributed by atoms with E-state index in [0.717, 1.165) is 5.56 Å². The molecule has 74 valence electrons. The minimum absolute atomic E-state index is 0.0631. The van der Waals surface area contributed by atoms with Crippen LogP contribution in [0.3, 0.4) is 0 Å². The summed E-state index contributed by atoms with van der Waals surface area (Å²) in [5.74, 6) is -0.164. The van der Waals surface area contributed by atoms with Crippen LogP contribution in [0.2, 0.25) is 10.0 Å². The molecule has 4 heteroatoms. The third-order valence-electron chi connectivity index (χ3n) is 2.51. The summed E-state index contributed by atoms with van der Waals surface area (Å²) in [6.07, 6.45) is 0.392. The first-order chi connectivity index (χ1) is 6.52. The molecule has 0 saturated carbocycles. The second-order valence-electron chi connectivity index (χ2n) is 3.51. The van der Waals surface area contributed by atoms with Gasteiger partial charge in [0.15, 0.2) is 5.78 Å². The first-order valence-corrected chi connectivity index (χ1v) is 5.02. The zero-order valence-corrected chi connectivity index (χ0v) is 8.99. The molecule has 0 aliphatic heterocycles. The van der Waals surface area contributed by atoms with Gasteiger partial charge in [-0.3, -0.25) is 4.79 Å². The average Bonchev–Trinajstić information content (AvgIpc) is 2.38. The van der Waals surface area contributed by atoms with Gasteiger partial charge in [0.2, 0.25) is 0 Å². The highest BCUT2D eigenvalue weighted by Crippen LogP contribution is 2.45. The molecule has 0 radical (unpaired) electrons. The molecule has 0 amide bonds. The van der Waals surface area contributed by atoms with E-state index in [1.54, 1.807) is 0 Å². The fraction of sp³-hybridized carbons (Fsp3) is 0.300. The van der Waals surface area contributed by atoms with Gasteiger partial charge in [-0.2, -0.15) is 0 Å². The van der Waals surface area contributed by atoms with Crippen molar-refractivity contribution >= 4 is 29.0 Å². The van der Waals surface area contributed by atoms with E-state index in [1.807, 2.05) is 6.92 Å². The van der Waals surface area contributed by atoms with Crippen molar-refractivity contribution in [2.75, 3.05) is 0 Å². The number of rotatable bonds is 0. The molecule has 0 aromatic heterocycles. The Morgan fingerprint density at radius 3 is 2.71 bits per heavy atom. The Bertz CT molecular complexity index is 427. The zero-order valence-electron chi connectivity index (χ0n) is 7.47. The summed E-state index contributed by atoms with van der Waals surface area (Å²) in [6, 6.07) is 1.48. The third kappa shape index (κ3) is 1.22. The summed E-state index contributed by atoms with van der Waals surface area (Å²) < 4.78 is 0. The number of hydrogen-bond acceptors (Lipinski definition) is 2. The Labute approximate surface area is 91.4 Å². The molecule has 1 atom stereocenters. The number of phenolic OH excluding ortho intramolecular Hbond substituents is 1. The normalized spacial score (nSPS) is 19.9. The average molecular weight is 231 g/mol. The van der Waals surface area contributed by atoms with Gasteiger partial charge in [0.05, 0.1) is 10.6 Å². The van der Waals surface area contributed by atoms with Crippen LogP contribution in [0.5, 0.6) is 5.75 Å². The van der Waals surface area contributed by atoms with Crippen LogP contribution < -0.4 is 0 Å². The van der Waals surface area contributed by atoms with E-state index < -0.39 is 0 Å². The number of fused-ring (bicyclic) bond motifs is 1. The fourth-order valence-corrected chi connectivity index (χ4v) is 2.52. The molecule has 0 spiro atoms. The van der Waals surface area contributed by atoms with Crippen LogP contribution in [0.25, 0.3) is 0 Å². The van der Waals surface area contributed by atoms with Crippen molar-refractivity contribution in [3.8, 4) is 5.75 Å². The van der Waals surface area contributed by atoms with Gasteiger partial charge < -0.3 is 5.11 Å². The van der Waals surface area contributed by atoms with Gasteiger partial charge in [0, 0.05) is 11.4 Å². The minimum atomic E-state index is -0.139. The first kappa shape index (κ1) is 9.81. The highest BCUT2D eigenvalue weighted by atomic mass is 35.5.